The van der Waals surface area contributed by atoms with Crippen LogP contribution >= 0.6 is 0 Å². The molecule has 1 aliphatic carbocycles. The van der Waals surface area contributed by atoms with Gasteiger partial charge in [-0.15, -0.1) is 0 Å². The molecule has 1 fully saturated rings. The van der Waals surface area contributed by atoms with Gasteiger partial charge in [-0.25, -0.2) is 0 Å². The van der Waals surface area contributed by atoms with Crippen LogP contribution in [0.25, 0.3) is 17.2 Å². The van der Waals surface area contributed by atoms with Gasteiger partial charge in [0.05, 0.1) is 11.7 Å². The fourth-order valence-corrected chi connectivity index (χ4v) is 3.62. The summed E-state index contributed by atoms with van der Waals surface area (Å²) in [6.07, 6.45) is 13.1. The van der Waals surface area contributed by atoms with E-state index in [0.717, 1.165) is 18.8 Å². The van der Waals surface area contributed by atoms with Crippen LogP contribution in [0.15, 0.2) is 73.0 Å². The Labute approximate surface area is 143 Å². The van der Waals surface area contributed by atoms with Gasteiger partial charge < -0.3 is 0 Å². The minimum Gasteiger partial charge on any atom is -0.293 e. The van der Waals surface area contributed by atoms with Crippen molar-refractivity contribution in [3.8, 4) is 11.1 Å². The summed E-state index contributed by atoms with van der Waals surface area (Å²) in [5, 5.41) is 0. The van der Waals surface area contributed by atoms with Crippen molar-refractivity contribution in [3.63, 3.8) is 0 Å². The second-order valence-corrected chi connectivity index (χ2v) is 6.46. The second-order valence-electron chi connectivity index (χ2n) is 6.46. The van der Waals surface area contributed by atoms with Crippen molar-refractivity contribution in [2.45, 2.75) is 18.9 Å². The number of hydrogen-bond acceptors (Lipinski definition) is 2. The molecular formula is C22H22N2. The molecule has 24 heavy (non-hydrogen) atoms. The first-order valence-corrected chi connectivity index (χ1v) is 8.67. The Morgan fingerprint density at radius 2 is 1.83 bits per heavy atom. The molecule has 2 heteroatoms. The van der Waals surface area contributed by atoms with Crippen LogP contribution in [0.2, 0.25) is 0 Å². The standard InChI is InChI=1S/C22H22N2/c1-2-17-10-11-21-20(22(14-17)24-12-6-7-13-24)15-19(16-23-21)18-8-4-3-5-9-18/h2-5,8-11,14-16,22H,1,6-7,12-13H2. The van der Waals surface area contributed by atoms with E-state index >= 15 is 0 Å². The van der Waals surface area contributed by atoms with E-state index in [9.17, 15) is 0 Å². The van der Waals surface area contributed by atoms with E-state index in [1.54, 1.807) is 0 Å². The van der Waals surface area contributed by atoms with Gasteiger partial charge in [0.15, 0.2) is 0 Å². The van der Waals surface area contributed by atoms with Crippen molar-refractivity contribution in [2.24, 2.45) is 0 Å². The van der Waals surface area contributed by atoms with Gasteiger partial charge in [-0.1, -0.05) is 55.1 Å². The van der Waals surface area contributed by atoms with Crippen molar-refractivity contribution in [3.05, 3.63) is 84.2 Å². The lowest BCUT2D eigenvalue weighted by Gasteiger charge is -2.26. The molecule has 2 heterocycles. The zero-order chi connectivity index (χ0) is 16.4. The van der Waals surface area contributed by atoms with Crippen molar-refractivity contribution < 1.29 is 0 Å². The first kappa shape index (κ1) is 15.1. The lowest BCUT2D eigenvalue weighted by Crippen LogP contribution is -2.25. The highest BCUT2D eigenvalue weighted by atomic mass is 15.2. The topological polar surface area (TPSA) is 16.1 Å². The summed E-state index contributed by atoms with van der Waals surface area (Å²) in [6.45, 7) is 6.26. The summed E-state index contributed by atoms with van der Waals surface area (Å²) in [5.41, 5.74) is 5.94. The van der Waals surface area contributed by atoms with E-state index in [2.05, 4.69) is 66.1 Å². The molecule has 0 amide bonds. The van der Waals surface area contributed by atoms with E-state index < -0.39 is 0 Å². The molecule has 1 aromatic heterocycles. The number of likely N-dealkylation sites (tertiary alicyclic amines) is 1. The zero-order valence-corrected chi connectivity index (χ0v) is 13.9. The molecule has 2 aromatic rings. The first-order chi connectivity index (χ1) is 11.8. The molecule has 0 N–H and O–H groups in total. The maximum Gasteiger partial charge on any atom is 0.0681 e. The molecule has 0 saturated carbocycles. The molecule has 2 nitrogen and oxygen atoms in total. The second kappa shape index (κ2) is 6.58. The van der Waals surface area contributed by atoms with Crippen LogP contribution in [0.4, 0.5) is 0 Å². The van der Waals surface area contributed by atoms with Crippen LogP contribution in [0.5, 0.6) is 0 Å². The molecule has 1 aromatic carbocycles. The minimum atomic E-state index is 0.279. The molecule has 1 aliphatic heterocycles. The molecule has 1 saturated heterocycles. The van der Waals surface area contributed by atoms with Crippen LogP contribution in [-0.4, -0.2) is 23.0 Å². The van der Waals surface area contributed by atoms with E-state index in [-0.39, 0.29) is 6.04 Å². The monoisotopic (exact) mass is 314 g/mol. The molecule has 1 unspecified atom stereocenters. The quantitative estimate of drug-likeness (QED) is 0.790. The van der Waals surface area contributed by atoms with Crippen molar-refractivity contribution in [2.75, 3.05) is 13.1 Å². The van der Waals surface area contributed by atoms with Gasteiger partial charge in [-0.3, -0.25) is 9.88 Å². The fraction of sp³-hybridized carbons (Fsp3) is 0.227. The average molecular weight is 314 g/mol. The zero-order valence-electron chi connectivity index (χ0n) is 13.9. The number of allylic oxidation sites excluding steroid dienone is 3. The van der Waals surface area contributed by atoms with Gasteiger partial charge in [-0.05, 0) is 54.8 Å². The van der Waals surface area contributed by atoms with E-state index in [1.807, 2.05) is 12.3 Å². The number of rotatable bonds is 3. The normalized spacial score (nSPS) is 20.3. The van der Waals surface area contributed by atoms with E-state index in [4.69, 9.17) is 4.98 Å². The van der Waals surface area contributed by atoms with Crippen LogP contribution in [0, 0.1) is 0 Å². The Kier molecular flexibility index (Phi) is 4.14. The molecule has 2 aliphatic rings. The Hall–Kier alpha value is -2.45. The van der Waals surface area contributed by atoms with Gasteiger partial charge in [0, 0.05) is 11.8 Å². The van der Waals surface area contributed by atoms with E-state index in [1.165, 1.54) is 35.1 Å². The molecule has 0 spiro atoms. The van der Waals surface area contributed by atoms with E-state index in [0.29, 0.717) is 0 Å². The SMILES string of the molecule is C=CC1=CC(N2CCCC2)c2cc(-c3ccccc3)cnc2C=C1. The highest BCUT2D eigenvalue weighted by Crippen LogP contribution is 2.34. The van der Waals surface area contributed by atoms with Gasteiger partial charge >= 0.3 is 0 Å². The highest BCUT2D eigenvalue weighted by molar-refractivity contribution is 5.67. The smallest absolute Gasteiger partial charge is 0.0681 e. The minimum absolute atomic E-state index is 0.279. The molecule has 0 radical (unpaired) electrons. The molecule has 0 bridgehead atoms. The number of pyridine rings is 1. The van der Waals surface area contributed by atoms with Crippen LogP contribution < -0.4 is 0 Å². The Morgan fingerprint density at radius 1 is 1.04 bits per heavy atom. The fourth-order valence-electron chi connectivity index (χ4n) is 3.62. The van der Waals surface area contributed by atoms with Crippen LogP contribution in [0.1, 0.15) is 30.1 Å². The molecule has 120 valence electrons. The third-order valence-corrected chi connectivity index (χ3v) is 4.93. The van der Waals surface area contributed by atoms with Gasteiger partial charge in [0.25, 0.3) is 0 Å². The summed E-state index contributed by atoms with van der Waals surface area (Å²) >= 11 is 0. The van der Waals surface area contributed by atoms with Crippen molar-refractivity contribution >= 4 is 6.08 Å². The van der Waals surface area contributed by atoms with Crippen LogP contribution in [-0.2, 0) is 0 Å². The van der Waals surface area contributed by atoms with Crippen molar-refractivity contribution in [1.29, 1.82) is 0 Å². The number of benzene rings is 1. The van der Waals surface area contributed by atoms with Gasteiger partial charge in [0.2, 0.25) is 0 Å². The first-order valence-electron chi connectivity index (χ1n) is 8.67. The lowest BCUT2D eigenvalue weighted by molar-refractivity contribution is 0.287. The average Bonchev–Trinajstić information content (AvgIpc) is 3.11. The number of fused-ring (bicyclic) bond motifs is 1. The predicted octanol–water partition coefficient (Wildman–Crippen LogP) is 5.02. The Morgan fingerprint density at radius 3 is 2.58 bits per heavy atom. The molecule has 4 rings (SSSR count). The number of aromatic nitrogens is 1. The lowest BCUT2D eigenvalue weighted by atomic mass is 9.98. The highest BCUT2D eigenvalue weighted by Gasteiger charge is 2.25. The molecular weight excluding hydrogens is 292 g/mol. The summed E-state index contributed by atoms with van der Waals surface area (Å²) < 4.78 is 0. The predicted molar refractivity (Wildman–Crippen MR) is 101 cm³/mol. The maximum atomic E-state index is 4.76. The Balaban J connectivity index is 1.82. The van der Waals surface area contributed by atoms with Crippen molar-refractivity contribution in [1.82, 2.24) is 9.88 Å². The number of nitrogens with zero attached hydrogens (tertiary/aromatic N) is 2. The summed E-state index contributed by atoms with van der Waals surface area (Å²) in [4.78, 5) is 7.33. The third kappa shape index (κ3) is 2.85. The summed E-state index contributed by atoms with van der Waals surface area (Å²) in [7, 11) is 0. The summed E-state index contributed by atoms with van der Waals surface area (Å²) in [6, 6.07) is 13.1. The third-order valence-electron chi connectivity index (χ3n) is 4.93. The van der Waals surface area contributed by atoms with Gasteiger partial charge in [-0.2, -0.15) is 0 Å². The largest absolute Gasteiger partial charge is 0.293 e. The molecule has 1 atom stereocenters. The maximum absolute atomic E-state index is 4.76. The summed E-state index contributed by atoms with van der Waals surface area (Å²) in [5.74, 6) is 0. The van der Waals surface area contributed by atoms with Crippen LogP contribution in [0.3, 0.4) is 0 Å². The Bertz CT molecular complexity index is 796. The number of hydrogen-bond donors (Lipinski definition) is 0. The van der Waals surface area contributed by atoms with Gasteiger partial charge in [0.1, 0.15) is 0 Å².